The molecule has 118 valence electrons. The Morgan fingerprint density at radius 3 is 2.43 bits per heavy atom. The standard InChI is InChI=1S/C19H20N2O2/c20-15-17-10-4-5-11-18(17)21(14-12-19(22)23)13-6-9-16-7-2-1-3-8-16/h1-5,7-8,10-11H,6,9,12-14H2,(H,22,23). The molecule has 0 aliphatic carbocycles. The molecule has 0 unspecified atom stereocenters. The van der Waals surface area contributed by atoms with Crippen molar-refractivity contribution in [3.05, 3.63) is 65.7 Å². The van der Waals surface area contributed by atoms with Crippen LogP contribution in [0.2, 0.25) is 0 Å². The van der Waals surface area contributed by atoms with E-state index in [-0.39, 0.29) is 6.42 Å². The molecule has 0 atom stereocenters. The number of benzene rings is 2. The van der Waals surface area contributed by atoms with Crippen LogP contribution >= 0.6 is 0 Å². The molecular formula is C19H20N2O2. The highest BCUT2D eigenvalue weighted by Gasteiger charge is 2.12. The minimum Gasteiger partial charge on any atom is -0.481 e. The molecule has 0 saturated heterocycles. The van der Waals surface area contributed by atoms with Crippen molar-refractivity contribution >= 4 is 11.7 Å². The van der Waals surface area contributed by atoms with Gasteiger partial charge in [-0.3, -0.25) is 4.79 Å². The molecule has 0 saturated carbocycles. The van der Waals surface area contributed by atoms with Crippen LogP contribution in [0.5, 0.6) is 0 Å². The molecule has 2 aromatic rings. The van der Waals surface area contributed by atoms with Crippen molar-refractivity contribution in [2.75, 3.05) is 18.0 Å². The van der Waals surface area contributed by atoms with Gasteiger partial charge in [-0.25, -0.2) is 0 Å². The lowest BCUT2D eigenvalue weighted by Crippen LogP contribution is -2.28. The average Bonchev–Trinajstić information content (AvgIpc) is 2.58. The van der Waals surface area contributed by atoms with Crippen molar-refractivity contribution in [2.24, 2.45) is 0 Å². The Kier molecular flexibility index (Phi) is 6.19. The number of para-hydroxylation sites is 1. The van der Waals surface area contributed by atoms with Crippen LogP contribution in [-0.4, -0.2) is 24.2 Å². The minimum atomic E-state index is -0.826. The van der Waals surface area contributed by atoms with Crippen molar-refractivity contribution in [1.82, 2.24) is 0 Å². The highest BCUT2D eigenvalue weighted by atomic mass is 16.4. The first-order valence-corrected chi connectivity index (χ1v) is 7.70. The first kappa shape index (κ1) is 16.6. The van der Waals surface area contributed by atoms with Gasteiger partial charge in [-0.2, -0.15) is 5.26 Å². The van der Waals surface area contributed by atoms with E-state index >= 15 is 0 Å². The monoisotopic (exact) mass is 308 g/mol. The van der Waals surface area contributed by atoms with Gasteiger partial charge < -0.3 is 10.0 Å². The summed E-state index contributed by atoms with van der Waals surface area (Å²) in [5.41, 5.74) is 2.65. The predicted molar refractivity (Wildman–Crippen MR) is 90.4 cm³/mol. The lowest BCUT2D eigenvalue weighted by Gasteiger charge is -2.25. The van der Waals surface area contributed by atoms with Crippen LogP contribution < -0.4 is 4.90 Å². The van der Waals surface area contributed by atoms with E-state index in [1.54, 1.807) is 6.07 Å². The fourth-order valence-electron chi connectivity index (χ4n) is 2.55. The molecular weight excluding hydrogens is 288 g/mol. The second-order valence-electron chi connectivity index (χ2n) is 5.35. The number of hydrogen-bond donors (Lipinski definition) is 1. The molecule has 23 heavy (non-hydrogen) atoms. The number of carbonyl (C=O) groups is 1. The maximum absolute atomic E-state index is 10.9. The first-order chi connectivity index (χ1) is 11.2. The molecule has 0 spiro atoms. The van der Waals surface area contributed by atoms with Gasteiger partial charge in [0.25, 0.3) is 0 Å². The number of anilines is 1. The molecule has 0 heterocycles. The summed E-state index contributed by atoms with van der Waals surface area (Å²) in [5.74, 6) is -0.826. The first-order valence-electron chi connectivity index (χ1n) is 7.70. The van der Waals surface area contributed by atoms with E-state index in [4.69, 9.17) is 5.11 Å². The van der Waals surface area contributed by atoms with Gasteiger partial charge in [-0.05, 0) is 30.5 Å². The number of hydrogen-bond acceptors (Lipinski definition) is 3. The molecule has 0 aliphatic rings. The van der Waals surface area contributed by atoms with E-state index < -0.39 is 5.97 Å². The van der Waals surface area contributed by atoms with Crippen LogP contribution in [0.3, 0.4) is 0 Å². The van der Waals surface area contributed by atoms with Gasteiger partial charge in [0.15, 0.2) is 0 Å². The smallest absolute Gasteiger partial charge is 0.305 e. The van der Waals surface area contributed by atoms with Crippen LogP contribution in [-0.2, 0) is 11.2 Å². The van der Waals surface area contributed by atoms with Gasteiger partial charge in [0.2, 0.25) is 0 Å². The summed E-state index contributed by atoms with van der Waals surface area (Å²) in [5, 5.41) is 18.2. The third-order valence-corrected chi connectivity index (χ3v) is 3.70. The minimum absolute atomic E-state index is 0.0606. The summed E-state index contributed by atoms with van der Waals surface area (Å²) in [4.78, 5) is 12.9. The molecule has 0 radical (unpaired) electrons. The summed E-state index contributed by atoms with van der Waals surface area (Å²) in [6, 6.07) is 19.7. The number of aliphatic carboxylic acids is 1. The molecule has 2 aromatic carbocycles. The second-order valence-corrected chi connectivity index (χ2v) is 5.35. The highest BCUT2D eigenvalue weighted by Crippen LogP contribution is 2.20. The van der Waals surface area contributed by atoms with Crippen molar-refractivity contribution in [1.29, 1.82) is 5.26 Å². The Bertz CT molecular complexity index is 677. The van der Waals surface area contributed by atoms with E-state index in [9.17, 15) is 10.1 Å². The van der Waals surface area contributed by atoms with E-state index in [2.05, 4.69) is 18.2 Å². The Morgan fingerprint density at radius 2 is 1.74 bits per heavy atom. The third-order valence-electron chi connectivity index (χ3n) is 3.70. The molecule has 1 N–H and O–H groups in total. The van der Waals surface area contributed by atoms with Crippen LogP contribution in [0, 0.1) is 11.3 Å². The molecule has 0 bridgehead atoms. The van der Waals surface area contributed by atoms with Crippen molar-refractivity contribution in [3.8, 4) is 6.07 Å². The molecule has 0 aromatic heterocycles. The second kappa shape index (κ2) is 8.60. The maximum atomic E-state index is 10.9. The fraction of sp³-hybridized carbons (Fsp3) is 0.263. The Balaban J connectivity index is 2.05. The number of nitriles is 1. The van der Waals surface area contributed by atoms with E-state index in [0.717, 1.165) is 25.1 Å². The number of rotatable bonds is 8. The van der Waals surface area contributed by atoms with E-state index in [0.29, 0.717) is 12.1 Å². The SMILES string of the molecule is N#Cc1ccccc1N(CCCc1ccccc1)CCC(=O)O. The van der Waals surface area contributed by atoms with Gasteiger partial charge in [0, 0.05) is 13.1 Å². The topological polar surface area (TPSA) is 64.3 Å². The normalized spacial score (nSPS) is 10.0. The van der Waals surface area contributed by atoms with Gasteiger partial charge in [0.05, 0.1) is 17.7 Å². The van der Waals surface area contributed by atoms with Crippen LogP contribution in [0.4, 0.5) is 5.69 Å². The van der Waals surface area contributed by atoms with Crippen LogP contribution in [0.15, 0.2) is 54.6 Å². The van der Waals surface area contributed by atoms with Gasteiger partial charge in [-0.1, -0.05) is 42.5 Å². The summed E-state index contributed by atoms with van der Waals surface area (Å²) >= 11 is 0. The Labute approximate surface area is 136 Å². The quantitative estimate of drug-likeness (QED) is 0.811. The number of nitrogens with zero attached hydrogens (tertiary/aromatic N) is 2. The summed E-state index contributed by atoms with van der Waals surface area (Å²) in [7, 11) is 0. The zero-order valence-corrected chi connectivity index (χ0v) is 13.0. The zero-order valence-electron chi connectivity index (χ0n) is 13.0. The molecule has 4 heteroatoms. The zero-order chi connectivity index (χ0) is 16.5. The molecule has 4 nitrogen and oxygen atoms in total. The number of aryl methyl sites for hydroxylation is 1. The van der Waals surface area contributed by atoms with E-state index in [1.807, 2.05) is 41.3 Å². The molecule has 0 aliphatic heterocycles. The lowest BCUT2D eigenvalue weighted by molar-refractivity contribution is -0.136. The van der Waals surface area contributed by atoms with Crippen molar-refractivity contribution < 1.29 is 9.90 Å². The van der Waals surface area contributed by atoms with Crippen LogP contribution in [0.1, 0.15) is 24.0 Å². The largest absolute Gasteiger partial charge is 0.481 e. The summed E-state index contributed by atoms with van der Waals surface area (Å²) in [6.45, 7) is 1.13. The number of carboxylic acids is 1. The van der Waals surface area contributed by atoms with Gasteiger partial charge in [0.1, 0.15) is 6.07 Å². The van der Waals surface area contributed by atoms with Crippen LogP contribution in [0.25, 0.3) is 0 Å². The maximum Gasteiger partial charge on any atom is 0.305 e. The van der Waals surface area contributed by atoms with Gasteiger partial charge >= 0.3 is 5.97 Å². The fourth-order valence-corrected chi connectivity index (χ4v) is 2.55. The van der Waals surface area contributed by atoms with E-state index in [1.165, 1.54) is 5.56 Å². The summed E-state index contributed by atoms with van der Waals surface area (Å²) in [6.07, 6.45) is 1.90. The van der Waals surface area contributed by atoms with Gasteiger partial charge in [-0.15, -0.1) is 0 Å². The Morgan fingerprint density at radius 1 is 1.04 bits per heavy atom. The van der Waals surface area contributed by atoms with Crippen molar-refractivity contribution in [3.63, 3.8) is 0 Å². The molecule has 2 rings (SSSR count). The lowest BCUT2D eigenvalue weighted by atomic mass is 10.1. The number of carboxylic acid groups (broad SMARTS) is 1. The third kappa shape index (κ3) is 5.15. The molecule has 0 fully saturated rings. The molecule has 0 amide bonds. The highest BCUT2D eigenvalue weighted by molar-refractivity contribution is 5.68. The summed E-state index contributed by atoms with van der Waals surface area (Å²) < 4.78 is 0. The Hall–Kier alpha value is -2.80. The predicted octanol–water partition coefficient (Wildman–Crippen LogP) is 3.47. The average molecular weight is 308 g/mol. The van der Waals surface area contributed by atoms with Crippen molar-refractivity contribution in [2.45, 2.75) is 19.3 Å².